The van der Waals surface area contributed by atoms with E-state index >= 15 is 0 Å². The van der Waals surface area contributed by atoms with Gasteiger partial charge in [0.1, 0.15) is 0 Å². The van der Waals surface area contributed by atoms with Crippen LogP contribution in [0.2, 0.25) is 0 Å². The van der Waals surface area contributed by atoms with Crippen molar-refractivity contribution in [2.75, 3.05) is 12.3 Å². The Kier molecular flexibility index (Phi) is 4.34. The van der Waals surface area contributed by atoms with Crippen LogP contribution < -0.4 is 10.9 Å². The van der Waals surface area contributed by atoms with Gasteiger partial charge in [-0.3, -0.25) is 9.59 Å². The van der Waals surface area contributed by atoms with E-state index in [1.54, 1.807) is 19.3 Å². The highest BCUT2D eigenvalue weighted by Gasteiger charge is 2.21. The lowest BCUT2D eigenvalue weighted by Crippen LogP contribution is -2.30. The van der Waals surface area contributed by atoms with Crippen molar-refractivity contribution in [3.8, 4) is 0 Å². The number of carbonyl (C=O) groups is 1. The number of hydrogen-bond acceptors (Lipinski definition) is 3. The summed E-state index contributed by atoms with van der Waals surface area (Å²) in [6.07, 6.45) is 2.70. The lowest BCUT2D eigenvalue weighted by Gasteiger charge is -2.25. The summed E-state index contributed by atoms with van der Waals surface area (Å²) in [6.45, 7) is 0.579. The minimum Gasteiger partial charge on any atom is -0.351 e. The molecule has 0 unspecified atom stereocenters. The smallest absolute Gasteiger partial charge is 0.251 e. The van der Waals surface area contributed by atoms with Gasteiger partial charge in [-0.25, -0.2) is 0 Å². The van der Waals surface area contributed by atoms with E-state index in [-0.39, 0.29) is 16.7 Å². The van der Waals surface area contributed by atoms with Crippen molar-refractivity contribution in [3.05, 3.63) is 69.6 Å². The molecule has 0 saturated carbocycles. The van der Waals surface area contributed by atoms with Crippen molar-refractivity contribution in [2.24, 2.45) is 7.05 Å². The van der Waals surface area contributed by atoms with Crippen LogP contribution in [-0.4, -0.2) is 22.8 Å². The number of hydrogen-bond donors (Lipinski definition) is 1. The molecule has 1 aromatic carbocycles. The first-order valence-corrected chi connectivity index (χ1v) is 8.34. The van der Waals surface area contributed by atoms with Gasteiger partial charge in [-0.1, -0.05) is 24.3 Å². The molecule has 0 radical (unpaired) electrons. The molecule has 3 rings (SSSR count). The van der Waals surface area contributed by atoms with Gasteiger partial charge in [0.25, 0.3) is 11.5 Å². The molecule has 1 N–H and O–H groups in total. The molecule has 114 valence electrons. The molecule has 1 aliphatic rings. The number of thioether (sulfide) groups is 1. The quantitative estimate of drug-likeness (QED) is 0.944. The number of nitrogens with one attached hydrogen (secondary N) is 1. The summed E-state index contributed by atoms with van der Waals surface area (Å²) in [7, 11) is 1.67. The van der Waals surface area contributed by atoms with E-state index < -0.39 is 0 Å². The van der Waals surface area contributed by atoms with Gasteiger partial charge in [-0.2, -0.15) is 11.8 Å². The van der Waals surface area contributed by atoms with Crippen LogP contribution in [0.1, 0.15) is 26.7 Å². The van der Waals surface area contributed by atoms with Crippen molar-refractivity contribution in [3.63, 3.8) is 0 Å². The highest BCUT2D eigenvalue weighted by Crippen LogP contribution is 2.35. The molecule has 1 aromatic heterocycles. The SMILES string of the molecule is Cn1ccc(C(=O)NC[C@@H]2SCCc3ccccc32)cc1=O. The highest BCUT2D eigenvalue weighted by atomic mass is 32.2. The third-order valence-electron chi connectivity index (χ3n) is 3.91. The van der Waals surface area contributed by atoms with Crippen LogP contribution >= 0.6 is 11.8 Å². The van der Waals surface area contributed by atoms with Gasteiger partial charge in [0.05, 0.1) is 0 Å². The van der Waals surface area contributed by atoms with Crippen LogP contribution in [0.15, 0.2) is 47.4 Å². The molecule has 5 heteroatoms. The standard InChI is InChI=1S/C17H18N2O2S/c1-19-8-6-13(10-16(19)20)17(21)18-11-15-14-5-3-2-4-12(14)7-9-22-15/h2-6,8,10,15H,7,9,11H2,1H3,(H,18,21)/t15-/m0/s1. The second-order valence-electron chi connectivity index (χ2n) is 5.38. The van der Waals surface area contributed by atoms with Gasteiger partial charge in [-0.15, -0.1) is 0 Å². The molecule has 1 atom stereocenters. The van der Waals surface area contributed by atoms with E-state index in [0.717, 1.165) is 12.2 Å². The maximum atomic E-state index is 12.2. The van der Waals surface area contributed by atoms with Crippen LogP contribution in [0, 0.1) is 0 Å². The monoisotopic (exact) mass is 314 g/mol. The number of nitrogens with zero attached hydrogens (tertiary/aromatic N) is 1. The zero-order chi connectivity index (χ0) is 15.5. The Morgan fingerprint density at radius 3 is 3.00 bits per heavy atom. The van der Waals surface area contributed by atoms with Crippen molar-refractivity contribution in [1.82, 2.24) is 9.88 Å². The third-order valence-corrected chi connectivity index (χ3v) is 5.17. The van der Waals surface area contributed by atoms with Crippen LogP contribution in [0.5, 0.6) is 0 Å². The van der Waals surface area contributed by atoms with Gasteiger partial charge in [-0.05, 0) is 29.4 Å². The Bertz CT molecular complexity index is 754. The molecular formula is C17H18N2O2S. The van der Waals surface area contributed by atoms with E-state index in [1.165, 1.54) is 21.8 Å². The summed E-state index contributed by atoms with van der Waals surface area (Å²) in [4.78, 5) is 23.8. The van der Waals surface area contributed by atoms with Gasteiger partial charge >= 0.3 is 0 Å². The molecule has 2 aromatic rings. The predicted octanol–water partition coefficient (Wildman–Crippen LogP) is 2.15. The van der Waals surface area contributed by atoms with Crippen LogP contribution in [0.25, 0.3) is 0 Å². The van der Waals surface area contributed by atoms with Gasteiger partial charge in [0.15, 0.2) is 0 Å². The minimum absolute atomic E-state index is 0.176. The number of aromatic nitrogens is 1. The Morgan fingerprint density at radius 2 is 2.18 bits per heavy atom. The molecule has 22 heavy (non-hydrogen) atoms. The zero-order valence-corrected chi connectivity index (χ0v) is 13.2. The van der Waals surface area contributed by atoms with Gasteiger partial charge in [0.2, 0.25) is 0 Å². The topological polar surface area (TPSA) is 51.1 Å². The number of fused-ring (bicyclic) bond motifs is 1. The van der Waals surface area contributed by atoms with Crippen molar-refractivity contribution < 1.29 is 4.79 Å². The summed E-state index contributed by atoms with van der Waals surface area (Å²) in [5, 5.41) is 3.23. The first kappa shape index (κ1) is 14.9. The summed E-state index contributed by atoms with van der Waals surface area (Å²) in [5.41, 5.74) is 2.92. The number of benzene rings is 1. The molecular weight excluding hydrogens is 296 g/mol. The third kappa shape index (κ3) is 3.09. The number of carbonyl (C=O) groups excluding carboxylic acids is 1. The lowest BCUT2D eigenvalue weighted by atomic mass is 10.0. The normalized spacial score (nSPS) is 16.9. The largest absolute Gasteiger partial charge is 0.351 e. The Morgan fingerprint density at radius 1 is 1.36 bits per heavy atom. The zero-order valence-electron chi connectivity index (χ0n) is 12.4. The number of pyridine rings is 1. The molecule has 4 nitrogen and oxygen atoms in total. The fourth-order valence-electron chi connectivity index (χ4n) is 2.62. The Balaban J connectivity index is 1.69. The number of aryl methyl sites for hydroxylation is 2. The van der Waals surface area contributed by atoms with Crippen molar-refractivity contribution in [1.29, 1.82) is 0 Å². The second kappa shape index (κ2) is 6.40. The Labute approximate surface area is 133 Å². The maximum Gasteiger partial charge on any atom is 0.251 e. The van der Waals surface area contributed by atoms with Crippen molar-refractivity contribution >= 4 is 17.7 Å². The maximum absolute atomic E-state index is 12.2. The fourth-order valence-corrected chi connectivity index (χ4v) is 3.86. The molecule has 0 spiro atoms. The summed E-state index contributed by atoms with van der Waals surface area (Å²) in [5.74, 6) is 0.880. The molecule has 0 saturated heterocycles. The molecule has 0 bridgehead atoms. The van der Waals surface area contributed by atoms with E-state index in [2.05, 4.69) is 23.5 Å². The van der Waals surface area contributed by atoms with E-state index in [9.17, 15) is 9.59 Å². The number of rotatable bonds is 3. The first-order valence-electron chi connectivity index (χ1n) is 7.29. The molecule has 0 aliphatic carbocycles. The summed E-state index contributed by atoms with van der Waals surface area (Å²) in [6, 6.07) is 11.4. The van der Waals surface area contributed by atoms with Crippen LogP contribution in [-0.2, 0) is 13.5 Å². The fraction of sp³-hybridized carbons (Fsp3) is 0.294. The van der Waals surface area contributed by atoms with Gasteiger partial charge in [0, 0.05) is 36.7 Å². The van der Waals surface area contributed by atoms with Crippen LogP contribution in [0.3, 0.4) is 0 Å². The second-order valence-corrected chi connectivity index (χ2v) is 6.69. The predicted molar refractivity (Wildman–Crippen MR) is 89.4 cm³/mol. The number of amides is 1. The molecule has 1 amide bonds. The lowest BCUT2D eigenvalue weighted by molar-refractivity contribution is 0.0953. The Hall–Kier alpha value is -2.01. The highest BCUT2D eigenvalue weighted by molar-refractivity contribution is 7.99. The average Bonchev–Trinajstić information content (AvgIpc) is 2.55. The van der Waals surface area contributed by atoms with E-state index in [1.807, 2.05) is 17.8 Å². The van der Waals surface area contributed by atoms with E-state index in [0.29, 0.717) is 12.1 Å². The molecule has 2 heterocycles. The minimum atomic E-state index is -0.193. The van der Waals surface area contributed by atoms with Gasteiger partial charge < -0.3 is 9.88 Å². The van der Waals surface area contributed by atoms with E-state index in [4.69, 9.17) is 0 Å². The summed E-state index contributed by atoms with van der Waals surface area (Å²) >= 11 is 1.87. The van der Waals surface area contributed by atoms with Crippen LogP contribution in [0.4, 0.5) is 0 Å². The van der Waals surface area contributed by atoms with Crippen molar-refractivity contribution in [2.45, 2.75) is 11.7 Å². The first-order chi connectivity index (χ1) is 10.6. The molecule has 1 aliphatic heterocycles. The molecule has 0 fully saturated rings. The summed E-state index contributed by atoms with van der Waals surface area (Å²) < 4.78 is 1.45. The average molecular weight is 314 g/mol.